The van der Waals surface area contributed by atoms with Gasteiger partial charge in [0.1, 0.15) is 5.82 Å². The lowest BCUT2D eigenvalue weighted by Gasteiger charge is -2.38. The lowest BCUT2D eigenvalue weighted by molar-refractivity contribution is 0.169. The molecule has 6 nitrogen and oxygen atoms in total. The van der Waals surface area contributed by atoms with Gasteiger partial charge in [0, 0.05) is 70.1 Å². The number of methoxy groups -OCH3 is 1. The van der Waals surface area contributed by atoms with Gasteiger partial charge in [-0.3, -0.25) is 4.90 Å². The van der Waals surface area contributed by atoms with Gasteiger partial charge in [-0.05, 0) is 36.8 Å². The van der Waals surface area contributed by atoms with Gasteiger partial charge in [0.2, 0.25) is 0 Å². The summed E-state index contributed by atoms with van der Waals surface area (Å²) >= 11 is 0. The molecule has 6 heteroatoms. The molecular weight excluding hydrogens is 374 g/mol. The molecule has 0 saturated carbocycles. The Bertz CT molecular complexity index is 993. The van der Waals surface area contributed by atoms with Gasteiger partial charge in [-0.15, -0.1) is 0 Å². The van der Waals surface area contributed by atoms with E-state index in [1.165, 1.54) is 16.9 Å². The highest BCUT2D eigenvalue weighted by atomic mass is 16.5. The van der Waals surface area contributed by atoms with E-state index in [1.807, 2.05) is 6.20 Å². The fourth-order valence-corrected chi connectivity index (χ4v) is 4.64. The lowest BCUT2D eigenvalue weighted by Crippen LogP contribution is -2.47. The fraction of sp³-hybridized carbons (Fsp3) is 0.375. The van der Waals surface area contributed by atoms with Crippen molar-refractivity contribution in [2.24, 2.45) is 0 Å². The smallest absolute Gasteiger partial charge is 0.134 e. The molecule has 1 unspecified atom stereocenters. The summed E-state index contributed by atoms with van der Waals surface area (Å²) in [6, 6.07) is 17.2. The van der Waals surface area contributed by atoms with Crippen LogP contribution in [-0.2, 0) is 4.74 Å². The van der Waals surface area contributed by atoms with Crippen LogP contribution >= 0.6 is 0 Å². The molecule has 1 aromatic carbocycles. The molecule has 1 N–H and O–H groups in total. The van der Waals surface area contributed by atoms with Crippen LogP contribution in [0.25, 0.3) is 5.69 Å². The number of anilines is 2. The number of hydrogen-bond acceptors (Lipinski definition) is 5. The molecule has 3 aromatic rings. The number of rotatable bonds is 6. The first-order valence-electron chi connectivity index (χ1n) is 10.8. The van der Waals surface area contributed by atoms with Crippen LogP contribution in [0.15, 0.2) is 60.9 Å². The van der Waals surface area contributed by atoms with Crippen molar-refractivity contribution in [3.05, 3.63) is 72.2 Å². The van der Waals surface area contributed by atoms with Gasteiger partial charge >= 0.3 is 0 Å². The van der Waals surface area contributed by atoms with E-state index < -0.39 is 0 Å². The largest absolute Gasteiger partial charge is 0.385 e. The first kappa shape index (κ1) is 19.2. The van der Waals surface area contributed by atoms with Crippen molar-refractivity contribution in [3.8, 4) is 5.69 Å². The van der Waals surface area contributed by atoms with Crippen LogP contribution in [0.5, 0.6) is 0 Å². The summed E-state index contributed by atoms with van der Waals surface area (Å²) in [5, 5.41) is 3.77. The van der Waals surface area contributed by atoms with E-state index in [1.54, 1.807) is 7.11 Å². The maximum Gasteiger partial charge on any atom is 0.134 e. The SMILES string of the molecule is COCCCN1CCN(c2ncccc2C2Nc3ccccc3-n3cccc32)CC1. The maximum atomic E-state index is 5.20. The van der Waals surface area contributed by atoms with Crippen LogP contribution in [-0.4, -0.2) is 60.9 Å². The highest BCUT2D eigenvalue weighted by Crippen LogP contribution is 2.39. The second-order valence-corrected chi connectivity index (χ2v) is 7.99. The molecule has 1 fully saturated rings. The molecule has 0 spiro atoms. The van der Waals surface area contributed by atoms with Crippen LogP contribution in [0.1, 0.15) is 23.7 Å². The zero-order chi connectivity index (χ0) is 20.3. The zero-order valence-electron chi connectivity index (χ0n) is 17.5. The predicted octanol–water partition coefficient (Wildman–Crippen LogP) is 3.55. The average molecular weight is 404 g/mol. The van der Waals surface area contributed by atoms with Crippen LogP contribution in [0.3, 0.4) is 0 Å². The van der Waals surface area contributed by atoms with Gasteiger partial charge in [0.15, 0.2) is 0 Å². The third-order valence-electron chi connectivity index (χ3n) is 6.16. The molecule has 0 bridgehead atoms. The molecule has 0 radical (unpaired) electrons. The Morgan fingerprint density at radius 3 is 2.77 bits per heavy atom. The summed E-state index contributed by atoms with van der Waals surface area (Å²) in [6.45, 7) is 6.07. The van der Waals surface area contributed by atoms with E-state index in [0.29, 0.717) is 0 Å². The second-order valence-electron chi connectivity index (χ2n) is 7.99. The minimum Gasteiger partial charge on any atom is -0.385 e. The molecule has 0 aliphatic carbocycles. The minimum atomic E-state index is 0.0818. The summed E-state index contributed by atoms with van der Waals surface area (Å²) in [5.74, 6) is 1.10. The van der Waals surface area contributed by atoms with E-state index in [9.17, 15) is 0 Å². The van der Waals surface area contributed by atoms with Crippen LogP contribution < -0.4 is 10.2 Å². The van der Waals surface area contributed by atoms with Crippen molar-refractivity contribution in [3.63, 3.8) is 0 Å². The number of nitrogens with zero attached hydrogens (tertiary/aromatic N) is 4. The summed E-state index contributed by atoms with van der Waals surface area (Å²) in [5.41, 5.74) is 4.84. The fourth-order valence-electron chi connectivity index (χ4n) is 4.64. The zero-order valence-corrected chi connectivity index (χ0v) is 17.5. The topological polar surface area (TPSA) is 45.6 Å². The average Bonchev–Trinajstić information content (AvgIpc) is 3.30. The lowest BCUT2D eigenvalue weighted by atomic mass is 10.0. The van der Waals surface area contributed by atoms with Crippen molar-refractivity contribution >= 4 is 11.5 Å². The van der Waals surface area contributed by atoms with Crippen LogP contribution in [0.4, 0.5) is 11.5 Å². The van der Waals surface area contributed by atoms with Gasteiger partial charge in [-0.2, -0.15) is 0 Å². The van der Waals surface area contributed by atoms with Gasteiger partial charge in [-0.1, -0.05) is 18.2 Å². The predicted molar refractivity (Wildman–Crippen MR) is 121 cm³/mol. The third kappa shape index (κ3) is 3.57. The Hall–Kier alpha value is -2.83. The summed E-state index contributed by atoms with van der Waals surface area (Å²) in [6.07, 6.45) is 5.16. The normalized spacial score (nSPS) is 18.6. The Balaban J connectivity index is 1.39. The molecule has 30 heavy (non-hydrogen) atoms. The Labute approximate surface area is 178 Å². The number of para-hydroxylation sites is 2. The van der Waals surface area contributed by atoms with Gasteiger partial charge in [0.25, 0.3) is 0 Å². The van der Waals surface area contributed by atoms with E-state index in [2.05, 4.69) is 74.4 Å². The van der Waals surface area contributed by atoms with Gasteiger partial charge < -0.3 is 19.5 Å². The number of piperazine rings is 1. The number of hydrogen-bond donors (Lipinski definition) is 1. The molecule has 2 aliphatic heterocycles. The van der Waals surface area contributed by atoms with Crippen LogP contribution in [0.2, 0.25) is 0 Å². The standard InChI is InChI=1S/C24H29N5O/c1-30-18-6-12-27-14-16-28(17-15-27)24-19(7-4-11-25-24)23-22-10-5-13-29(22)21-9-3-2-8-20(21)26-23/h2-5,7-11,13,23,26H,6,12,14-18H2,1H3. The molecule has 156 valence electrons. The van der Waals surface area contributed by atoms with Crippen molar-refractivity contribution in [1.82, 2.24) is 14.5 Å². The number of nitrogens with one attached hydrogen (secondary N) is 1. The molecule has 2 aliphatic rings. The van der Waals surface area contributed by atoms with Crippen molar-refractivity contribution in [1.29, 1.82) is 0 Å². The van der Waals surface area contributed by atoms with Gasteiger partial charge in [-0.25, -0.2) is 4.98 Å². The number of aromatic nitrogens is 2. The van der Waals surface area contributed by atoms with E-state index in [4.69, 9.17) is 9.72 Å². The number of ether oxygens (including phenoxy) is 1. The minimum absolute atomic E-state index is 0.0818. The molecule has 1 saturated heterocycles. The van der Waals surface area contributed by atoms with Crippen LogP contribution in [0, 0.1) is 0 Å². The van der Waals surface area contributed by atoms with Crippen molar-refractivity contribution in [2.45, 2.75) is 12.5 Å². The van der Waals surface area contributed by atoms with E-state index in [0.717, 1.165) is 57.3 Å². The Morgan fingerprint density at radius 2 is 1.90 bits per heavy atom. The Morgan fingerprint density at radius 1 is 1.03 bits per heavy atom. The van der Waals surface area contributed by atoms with E-state index in [-0.39, 0.29) is 6.04 Å². The van der Waals surface area contributed by atoms with Gasteiger partial charge in [0.05, 0.1) is 17.4 Å². The summed E-state index contributed by atoms with van der Waals surface area (Å²) in [4.78, 5) is 9.80. The monoisotopic (exact) mass is 403 g/mol. The molecule has 1 atom stereocenters. The molecule has 0 amide bonds. The Kier molecular flexibility index (Phi) is 5.43. The second kappa shape index (κ2) is 8.50. The first-order chi connectivity index (χ1) is 14.8. The van der Waals surface area contributed by atoms with Crippen molar-refractivity contribution in [2.75, 3.05) is 56.7 Å². The number of benzene rings is 1. The summed E-state index contributed by atoms with van der Waals surface area (Å²) in [7, 11) is 1.77. The molecule has 5 rings (SSSR count). The highest BCUT2D eigenvalue weighted by Gasteiger charge is 2.29. The maximum absolute atomic E-state index is 5.20. The van der Waals surface area contributed by atoms with Crippen molar-refractivity contribution < 1.29 is 4.74 Å². The molecular formula is C24H29N5O. The number of pyridine rings is 1. The first-order valence-corrected chi connectivity index (χ1v) is 10.8. The third-order valence-corrected chi connectivity index (χ3v) is 6.16. The van der Waals surface area contributed by atoms with E-state index >= 15 is 0 Å². The number of fused-ring (bicyclic) bond motifs is 3. The molecule has 4 heterocycles. The molecule has 2 aromatic heterocycles. The highest BCUT2D eigenvalue weighted by molar-refractivity contribution is 5.68. The quantitative estimate of drug-likeness (QED) is 0.638. The summed E-state index contributed by atoms with van der Waals surface area (Å²) < 4.78 is 7.49.